The molecule has 2 fully saturated rings. The number of likely N-dealkylation sites (tertiary alicyclic amines) is 1. The molecule has 3 aliphatic rings. The van der Waals surface area contributed by atoms with E-state index in [1.807, 2.05) is 13.0 Å². The molecule has 2 aliphatic heterocycles. The number of ether oxygens (including phenoxy) is 1. The molecule has 1 aliphatic carbocycles. The highest BCUT2D eigenvalue weighted by atomic mass is 32.2. The van der Waals surface area contributed by atoms with Crippen molar-refractivity contribution in [2.75, 3.05) is 32.1 Å². The third kappa shape index (κ3) is 2.35. The molecule has 0 unspecified atom stereocenters. The highest BCUT2D eigenvalue weighted by Crippen LogP contribution is 2.45. The number of fused-ring (bicyclic) bond motifs is 1. The van der Waals surface area contributed by atoms with Crippen LogP contribution >= 0.6 is 11.3 Å². The van der Waals surface area contributed by atoms with Crippen molar-refractivity contribution in [2.24, 2.45) is 5.92 Å². The standard InChI is InChI=1S/C17H23NO4S2/c1-2-22-9-13-6-7-24(20,21)17(13)10-18(11-17)16(19)15-8-12-4-3-5-14(12)23-15/h8,13H,2-7,9-11H2,1H3/t13-/m0/s1. The van der Waals surface area contributed by atoms with Crippen molar-refractivity contribution < 1.29 is 17.9 Å². The fourth-order valence-electron chi connectivity index (χ4n) is 4.30. The van der Waals surface area contributed by atoms with E-state index in [0.29, 0.717) is 32.7 Å². The van der Waals surface area contributed by atoms with Gasteiger partial charge in [-0.15, -0.1) is 11.3 Å². The number of amides is 1. The molecule has 1 spiro atoms. The number of thiophene rings is 1. The second-order valence-electron chi connectivity index (χ2n) is 7.10. The Morgan fingerprint density at radius 2 is 2.21 bits per heavy atom. The molecule has 3 heterocycles. The molecule has 0 saturated carbocycles. The third-order valence-electron chi connectivity index (χ3n) is 5.78. The highest BCUT2D eigenvalue weighted by molar-refractivity contribution is 7.93. The second-order valence-corrected chi connectivity index (χ2v) is 10.7. The molecule has 24 heavy (non-hydrogen) atoms. The summed E-state index contributed by atoms with van der Waals surface area (Å²) in [4.78, 5) is 16.5. The van der Waals surface area contributed by atoms with Crippen LogP contribution in [-0.4, -0.2) is 56.0 Å². The van der Waals surface area contributed by atoms with E-state index in [1.165, 1.54) is 16.9 Å². The Bertz CT molecular complexity index is 740. The van der Waals surface area contributed by atoms with Gasteiger partial charge in [0.15, 0.2) is 9.84 Å². The monoisotopic (exact) mass is 369 g/mol. The van der Waals surface area contributed by atoms with Crippen LogP contribution < -0.4 is 0 Å². The van der Waals surface area contributed by atoms with Gasteiger partial charge in [-0.1, -0.05) is 0 Å². The third-order valence-corrected chi connectivity index (χ3v) is 9.61. The normalized spacial score (nSPS) is 26.5. The van der Waals surface area contributed by atoms with Crippen LogP contribution in [-0.2, 0) is 27.4 Å². The average molecular weight is 370 g/mol. The van der Waals surface area contributed by atoms with E-state index in [9.17, 15) is 13.2 Å². The first-order valence-corrected chi connectivity index (χ1v) is 11.1. The maximum Gasteiger partial charge on any atom is 0.264 e. The van der Waals surface area contributed by atoms with Gasteiger partial charge in [-0.25, -0.2) is 8.42 Å². The number of carbonyl (C=O) groups is 1. The predicted molar refractivity (Wildman–Crippen MR) is 93.4 cm³/mol. The lowest BCUT2D eigenvalue weighted by Gasteiger charge is -2.49. The Labute approximate surface area is 146 Å². The SMILES string of the molecule is CCOC[C@@H]1CCS(=O)(=O)C12CN(C(=O)c1cc3c(s1)CCC3)C2. The van der Waals surface area contributed by atoms with Gasteiger partial charge < -0.3 is 9.64 Å². The number of hydrogen-bond acceptors (Lipinski definition) is 5. The van der Waals surface area contributed by atoms with Gasteiger partial charge in [0, 0.05) is 30.5 Å². The van der Waals surface area contributed by atoms with E-state index in [4.69, 9.17) is 4.74 Å². The lowest BCUT2D eigenvalue weighted by molar-refractivity contribution is 0.0274. The fraction of sp³-hybridized carbons (Fsp3) is 0.706. The molecule has 0 N–H and O–H groups in total. The smallest absolute Gasteiger partial charge is 0.264 e. The first-order valence-electron chi connectivity index (χ1n) is 8.68. The summed E-state index contributed by atoms with van der Waals surface area (Å²) in [5, 5.41) is 0. The van der Waals surface area contributed by atoms with Crippen LogP contribution in [0.15, 0.2) is 6.07 Å². The quantitative estimate of drug-likeness (QED) is 0.813. The van der Waals surface area contributed by atoms with Crippen LogP contribution in [0.2, 0.25) is 0 Å². The van der Waals surface area contributed by atoms with E-state index in [0.717, 1.165) is 17.7 Å². The Balaban J connectivity index is 1.49. The summed E-state index contributed by atoms with van der Waals surface area (Å²) >= 11 is 1.59. The zero-order valence-electron chi connectivity index (χ0n) is 13.9. The van der Waals surface area contributed by atoms with Crippen molar-refractivity contribution in [2.45, 2.75) is 37.4 Å². The highest BCUT2D eigenvalue weighted by Gasteiger charge is 2.62. The number of hydrogen-bond donors (Lipinski definition) is 0. The zero-order valence-corrected chi connectivity index (χ0v) is 15.5. The molecular formula is C17H23NO4S2. The largest absolute Gasteiger partial charge is 0.381 e. The molecule has 5 nitrogen and oxygen atoms in total. The van der Waals surface area contributed by atoms with Crippen LogP contribution in [0.5, 0.6) is 0 Å². The average Bonchev–Trinajstić information content (AvgIpc) is 3.14. The van der Waals surface area contributed by atoms with Crippen molar-refractivity contribution in [3.05, 3.63) is 21.4 Å². The fourth-order valence-corrected chi connectivity index (χ4v) is 7.92. The van der Waals surface area contributed by atoms with Gasteiger partial charge in [0.2, 0.25) is 0 Å². The summed E-state index contributed by atoms with van der Waals surface area (Å²) in [5.74, 6) is 0.234. The van der Waals surface area contributed by atoms with Crippen molar-refractivity contribution in [3.8, 4) is 0 Å². The number of aryl methyl sites for hydroxylation is 2. The number of nitrogens with zero attached hydrogens (tertiary/aromatic N) is 1. The topological polar surface area (TPSA) is 63.7 Å². The zero-order chi connectivity index (χ0) is 16.9. The molecule has 0 radical (unpaired) electrons. The van der Waals surface area contributed by atoms with Crippen LogP contribution in [0.25, 0.3) is 0 Å². The molecular weight excluding hydrogens is 346 g/mol. The molecule has 1 aromatic rings. The predicted octanol–water partition coefficient (Wildman–Crippen LogP) is 1.90. The summed E-state index contributed by atoms with van der Waals surface area (Å²) in [7, 11) is -3.15. The lowest BCUT2D eigenvalue weighted by Crippen LogP contribution is -2.68. The van der Waals surface area contributed by atoms with Crippen LogP contribution in [0.1, 0.15) is 39.9 Å². The molecule has 0 aromatic carbocycles. The Morgan fingerprint density at radius 1 is 1.42 bits per heavy atom. The van der Waals surface area contributed by atoms with E-state index in [-0.39, 0.29) is 17.6 Å². The van der Waals surface area contributed by atoms with Gasteiger partial charge >= 0.3 is 0 Å². The minimum absolute atomic E-state index is 0.00251. The van der Waals surface area contributed by atoms with Gasteiger partial charge in [0.05, 0.1) is 17.2 Å². The minimum atomic E-state index is -3.15. The first kappa shape index (κ1) is 16.5. The molecule has 0 bridgehead atoms. The summed E-state index contributed by atoms with van der Waals surface area (Å²) in [6.07, 6.45) is 3.97. The van der Waals surface area contributed by atoms with Gasteiger partial charge in [0.25, 0.3) is 5.91 Å². The molecule has 1 atom stereocenters. The lowest BCUT2D eigenvalue weighted by atomic mass is 9.83. The molecule has 1 amide bonds. The molecule has 1 aromatic heterocycles. The Kier molecular flexibility index (Phi) is 4.01. The Hall–Kier alpha value is -0.920. The summed E-state index contributed by atoms with van der Waals surface area (Å²) in [6.45, 7) is 3.65. The Morgan fingerprint density at radius 3 is 2.92 bits per heavy atom. The number of carbonyl (C=O) groups excluding carboxylic acids is 1. The second kappa shape index (κ2) is 5.81. The minimum Gasteiger partial charge on any atom is -0.381 e. The van der Waals surface area contributed by atoms with E-state index in [1.54, 1.807) is 16.2 Å². The van der Waals surface area contributed by atoms with Crippen LogP contribution in [0.3, 0.4) is 0 Å². The van der Waals surface area contributed by atoms with E-state index < -0.39 is 14.6 Å². The molecule has 132 valence electrons. The number of sulfone groups is 1. The van der Waals surface area contributed by atoms with E-state index in [2.05, 4.69) is 0 Å². The van der Waals surface area contributed by atoms with Crippen molar-refractivity contribution in [1.29, 1.82) is 0 Å². The van der Waals surface area contributed by atoms with Crippen molar-refractivity contribution >= 4 is 27.1 Å². The van der Waals surface area contributed by atoms with Crippen LogP contribution in [0, 0.1) is 5.92 Å². The van der Waals surface area contributed by atoms with Crippen LogP contribution in [0.4, 0.5) is 0 Å². The van der Waals surface area contributed by atoms with Crippen molar-refractivity contribution in [1.82, 2.24) is 4.90 Å². The van der Waals surface area contributed by atoms with Crippen molar-refractivity contribution in [3.63, 3.8) is 0 Å². The van der Waals surface area contributed by atoms with Gasteiger partial charge in [-0.3, -0.25) is 4.79 Å². The van der Waals surface area contributed by atoms with Gasteiger partial charge in [-0.2, -0.15) is 0 Å². The molecule has 2 saturated heterocycles. The van der Waals surface area contributed by atoms with Gasteiger partial charge in [-0.05, 0) is 44.2 Å². The first-order chi connectivity index (χ1) is 11.5. The van der Waals surface area contributed by atoms with E-state index >= 15 is 0 Å². The maximum atomic E-state index is 12.7. The molecule has 7 heteroatoms. The van der Waals surface area contributed by atoms with Gasteiger partial charge in [0.1, 0.15) is 4.75 Å². The summed E-state index contributed by atoms with van der Waals surface area (Å²) in [5.41, 5.74) is 1.31. The summed E-state index contributed by atoms with van der Waals surface area (Å²) < 4.78 is 29.9. The maximum absolute atomic E-state index is 12.7. The molecule has 4 rings (SSSR count). The summed E-state index contributed by atoms with van der Waals surface area (Å²) in [6, 6.07) is 2.02. The number of rotatable bonds is 4.